The Morgan fingerprint density at radius 3 is 2.81 bits per heavy atom. The minimum Gasteiger partial charge on any atom is -0.506 e. The number of fused-ring (bicyclic) bond motifs is 1. The number of nitrogens with zero attached hydrogens (tertiary/aromatic N) is 3. The van der Waals surface area contributed by atoms with Crippen LogP contribution >= 0.6 is 0 Å². The third-order valence-electron chi connectivity index (χ3n) is 7.35. The molecule has 2 aromatic heterocycles. The molecule has 1 spiro atoms. The van der Waals surface area contributed by atoms with E-state index in [1.165, 1.54) is 0 Å². The minimum atomic E-state index is -0.491. The zero-order valence-electron chi connectivity index (χ0n) is 18.7. The van der Waals surface area contributed by atoms with E-state index in [0.717, 1.165) is 51.6 Å². The van der Waals surface area contributed by atoms with Crippen molar-refractivity contribution in [1.82, 2.24) is 19.8 Å². The molecule has 0 radical (unpaired) electrons. The number of aromatic nitrogens is 2. The van der Waals surface area contributed by atoms with Crippen molar-refractivity contribution in [2.75, 3.05) is 26.2 Å². The van der Waals surface area contributed by atoms with Crippen LogP contribution in [0.1, 0.15) is 55.8 Å². The molecule has 0 bridgehead atoms. The molecule has 8 heteroatoms. The van der Waals surface area contributed by atoms with Crippen LogP contribution in [0.3, 0.4) is 0 Å². The predicted molar refractivity (Wildman–Crippen MR) is 121 cm³/mol. The van der Waals surface area contributed by atoms with Gasteiger partial charge in [0.15, 0.2) is 0 Å². The summed E-state index contributed by atoms with van der Waals surface area (Å²) in [6.07, 6.45) is 7.71. The molecule has 3 fully saturated rings. The van der Waals surface area contributed by atoms with E-state index in [1.807, 2.05) is 0 Å². The first-order valence-electron chi connectivity index (χ1n) is 11.8. The Hall–Kier alpha value is -2.45. The summed E-state index contributed by atoms with van der Waals surface area (Å²) in [4.78, 5) is 33.2. The molecule has 2 aliphatic carbocycles. The van der Waals surface area contributed by atoms with Crippen molar-refractivity contribution < 1.29 is 14.6 Å². The van der Waals surface area contributed by atoms with Gasteiger partial charge in [-0.05, 0) is 56.6 Å². The molecular weight excluding hydrogens is 408 g/mol. The number of ether oxygens (including phenoxy) is 1. The quantitative estimate of drug-likeness (QED) is 0.741. The third-order valence-corrected chi connectivity index (χ3v) is 7.35. The summed E-state index contributed by atoms with van der Waals surface area (Å²) < 4.78 is 7.43. The molecule has 0 atom stereocenters. The minimum absolute atomic E-state index is 0.0149. The molecule has 0 aromatic carbocycles. The number of rotatable bonds is 5. The fourth-order valence-corrected chi connectivity index (χ4v) is 5.14. The molecule has 1 saturated heterocycles. The lowest BCUT2D eigenvalue weighted by atomic mass is 9.87. The smallest absolute Gasteiger partial charge is 0.268 e. The molecular formula is C24H32N4O4. The van der Waals surface area contributed by atoms with E-state index in [-0.39, 0.29) is 23.0 Å². The van der Waals surface area contributed by atoms with E-state index in [4.69, 9.17) is 4.74 Å². The molecule has 3 heterocycles. The van der Waals surface area contributed by atoms with Crippen LogP contribution in [-0.2, 0) is 11.3 Å². The molecule has 32 heavy (non-hydrogen) atoms. The van der Waals surface area contributed by atoms with Crippen LogP contribution in [0.5, 0.6) is 5.75 Å². The number of hydrogen-bond donors (Lipinski definition) is 2. The van der Waals surface area contributed by atoms with Gasteiger partial charge in [0.2, 0.25) is 0 Å². The van der Waals surface area contributed by atoms with E-state index in [2.05, 4.69) is 22.1 Å². The fourth-order valence-electron chi connectivity index (χ4n) is 5.14. The summed E-state index contributed by atoms with van der Waals surface area (Å²) in [5.74, 6) is -0.107. The highest BCUT2D eigenvalue weighted by Crippen LogP contribution is 2.41. The van der Waals surface area contributed by atoms with Crippen molar-refractivity contribution in [2.45, 2.75) is 63.6 Å². The Balaban J connectivity index is 1.41. The number of carbonyl (C=O) groups excluding carboxylic acids is 1. The molecule has 2 saturated carbocycles. The van der Waals surface area contributed by atoms with Crippen LogP contribution < -0.4 is 10.9 Å². The van der Waals surface area contributed by atoms with Gasteiger partial charge in [-0.1, -0.05) is 6.92 Å². The lowest BCUT2D eigenvalue weighted by molar-refractivity contribution is -0.0466. The predicted octanol–water partition coefficient (Wildman–Crippen LogP) is 2.28. The summed E-state index contributed by atoms with van der Waals surface area (Å²) in [7, 11) is 0. The molecule has 1 amide bonds. The Morgan fingerprint density at radius 2 is 2.06 bits per heavy atom. The van der Waals surface area contributed by atoms with Crippen molar-refractivity contribution in [2.24, 2.45) is 5.92 Å². The maximum absolute atomic E-state index is 13.4. The molecule has 2 aromatic rings. The number of aromatic hydroxyl groups is 1. The summed E-state index contributed by atoms with van der Waals surface area (Å²) in [6, 6.07) is 3.46. The number of amides is 1. The zero-order valence-corrected chi connectivity index (χ0v) is 18.7. The second-order valence-electron chi connectivity index (χ2n) is 9.79. The van der Waals surface area contributed by atoms with Gasteiger partial charge in [-0.2, -0.15) is 0 Å². The highest BCUT2D eigenvalue weighted by Gasteiger charge is 2.47. The van der Waals surface area contributed by atoms with Gasteiger partial charge >= 0.3 is 0 Å². The molecule has 0 unspecified atom stereocenters. The molecule has 5 rings (SSSR count). The third kappa shape index (κ3) is 4.13. The maximum Gasteiger partial charge on any atom is 0.268 e. The summed E-state index contributed by atoms with van der Waals surface area (Å²) in [5, 5.41) is 14.3. The first-order valence-corrected chi connectivity index (χ1v) is 11.8. The first-order chi connectivity index (χ1) is 15.5. The zero-order chi connectivity index (χ0) is 22.3. The second kappa shape index (κ2) is 8.48. The number of nitrogens with one attached hydrogen (secondary N) is 1. The lowest BCUT2D eigenvalue weighted by Crippen LogP contribution is -2.46. The lowest BCUT2D eigenvalue weighted by Gasteiger charge is -2.33. The van der Waals surface area contributed by atoms with E-state index in [0.29, 0.717) is 36.6 Å². The van der Waals surface area contributed by atoms with Crippen molar-refractivity contribution >= 4 is 16.9 Å². The monoisotopic (exact) mass is 440 g/mol. The normalized spacial score (nSPS) is 25.2. The first kappa shape index (κ1) is 21.4. The van der Waals surface area contributed by atoms with Gasteiger partial charge in [0.25, 0.3) is 11.5 Å². The summed E-state index contributed by atoms with van der Waals surface area (Å²) in [5.41, 5.74) is -0.233. The van der Waals surface area contributed by atoms with Crippen molar-refractivity contribution in [3.63, 3.8) is 0 Å². The van der Waals surface area contributed by atoms with Gasteiger partial charge in [-0.3, -0.25) is 19.1 Å². The Morgan fingerprint density at radius 1 is 1.28 bits per heavy atom. The van der Waals surface area contributed by atoms with Crippen LogP contribution in [0.25, 0.3) is 11.0 Å². The van der Waals surface area contributed by atoms with Gasteiger partial charge in [-0.15, -0.1) is 0 Å². The number of hydrogen-bond acceptors (Lipinski definition) is 6. The number of pyridine rings is 2. The van der Waals surface area contributed by atoms with E-state index in [1.54, 1.807) is 22.9 Å². The average Bonchev–Trinajstić information content (AvgIpc) is 3.53. The molecule has 172 valence electrons. The maximum atomic E-state index is 13.4. The number of carbonyl (C=O) groups is 1. The van der Waals surface area contributed by atoms with Crippen LogP contribution in [0.2, 0.25) is 0 Å². The molecule has 2 N–H and O–H groups in total. The van der Waals surface area contributed by atoms with E-state index in [9.17, 15) is 14.7 Å². The Bertz CT molecular complexity index is 1070. The summed E-state index contributed by atoms with van der Waals surface area (Å²) >= 11 is 0. The largest absolute Gasteiger partial charge is 0.506 e. The standard InChI is InChI=1S/C24H32N4O4/c1-16-4-6-17(7-5-16)26-22(30)19-20(29)18-3-2-10-25-21(18)28(23(19)31)12-11-27-13-14-32-24(15-27)8-9-24/h2-3,10,16-17,29H,4-9,11-15H2,1H3,(H,26,30)/t16-,17+. The van der Waals surface area contributed by atoms with E-state index < -0.39 is 11.5 Å². The highest BCUT2D eigenvalue weighted by atomic mass is 16.5. The van der Waals surface area contributed by atoms with Crippen molar-refractivity contribution in [3.8, 4) is 5.75 Å². The van der Waals surface area contributed by atoms with Crippen LogP contribution in [0, 0.1) is 5.92 Å². The molecule has 1 aliphatic heterocycles. The Kier molecular flexibility index (Phi) is 5.67. The van der Waals surface area contributed by atoms with Gasteiger partial charge < -0.3 is 15.2 Å². The van der Waals surface area contributed by atoms with Crippen LogP contribution in [-0.4, -0.2) is 63.3 Å². The van der Waals surface area contributed by atoms with E-state index >= 15 is 0 Å². The van der Waals surface area contributed by atoms with Gasteiger partial charge in [0, 0.05) is 38.4 Å². The Labute approximate surface area is 187 Å². The highest BCUT2D eigenvalue weighted by molar-refractivity contribution is 6.01. The topological polar surface area (TPSA) is 96.7 Å². The van der Waals surface area contributed by atoms with Crippen LogP contribution in [0.4, 0.5) is 0 Å². The van der Waals surface area contributed by atoms with Crippen molar-refractivity contribution in [1.29, 1.82) is 0 Å². The summed E-state index contributed by atoms with van der Waals surface area (Å²) in [6.45, 7) is 5.70. The van der Waals surface area contributed by atoms with Gasteiger partial charge in [0.1, 0.15) is 17.0 Å². The molecule has 3 aliphatic rings. The second-order valence-corrected chi connectivity index (χ2v) is 9.79. The number of morpholine rings is 1. The average molecular weight is 441 g/mol. The SMILES string of the molecule is C[C@H]1CC[C@@H](NC(=O)c2c(O)c3cccnc3n(CCN3CCOC4(CC4)C3)c2=O)CC1. The molecule has 8 nitrogen and oxygen atoms in total. The fraction of sp³-hybridized carbons (Fsp3) is 0.625. The van der Waals surface area contributed by atoms with Crippen LogP contribution in [0.15, 0.2) is 23.1 Å². The van der Waals surface area contributed by atoms with Crippen molar-refractivity contribution in [3.05, 3.63) is 34.2 Å². The van der Waals surface area contributed by atoms with Gasteiger partial charge in [-0.25, -0.2) is 4.98 Å². The van der Waals surface area contributed by atoms with Gasteiger partial charge in [0.05, 0.1) is 17.6 Å².